The van der Waals surface area contributed by atoms with Crippen molar-refractivity contribution < 1.29 is 8.42 Å². The van der Waals surface area contributed by atoms with Crippen molar-refractivity contribution in [3.05, 3.63) is 0 Å². The van der Waals surface area contributed by atoms with Crippen molar-refractivity contribution in [3.8, 4) is 0 Å². The Kier molecular flexibility index (Phi) is 4.93. The number of thioether (sulfide) groups is 1. The lowest BCUT2D eigenvalue weighted by Gasteiger charge is -2.27. The van der Waals surface area contributed by atoms with E-state index in [1.807, 2.05) is 0 Å². The largest absolute Gasteiger partial charge is 0.314 e. The maximum absolute atomic E-state index is 11.9. The topological polar surface area (TPSA) is 61.4 Å². The number of hydrogen-bond donors (Lipinski definition) is 2. The van der Waals surface area contributed by atoms with Crippen LogP contribution in [0.15, 0.2) is 0 Å². The minimum Gasteiger partial charge on any atom is -0.314 e. The van der Waals surface area contributed by atoms with Crippen LogP contribution in [-0.2, 0) is 10.0 Å². The molecule has 0 spiro atoms. The highest BCUT2D eigenvalue weighted by Gasteiger charge is 2.42. The summed E-state index contributed by atoms with van der Waals surface area (Å²) in [5.74, 6) is 0.220. The third kappa shape index (κ3) is 4.38. The van der Waals surface area contributed by atoms with E-state index in [9.17, 15) is 8.42 Å². The number of nitrogens with one attached hydrogen (secondary N) is 2. The van der Waals surface area contributed by atoms with Crippen LogP contribution < -0.4 is 10.0 Å². The predicted molar refractivity (Wildman–Crippen MR) is 76.6 cm³/mol. The van der Waals surface area contributed by atoms with E-state index in [4.69, 9.17) is 0 Å². The molecule has 1 aliphatic heterocycles. The van der Waals surface area contributed by atoms with Crippen LogP contribution in [0, 0.1) is 0 Å². The standard InChI is InChI=1S/C11H23N3O2S2/c1-17-11(2-3-11)10-13-18(15,16)9-8-14-6-4-12-5-7-14/h12-13H,2-10H2,1H3. The number of piperazine rings is 1. The lowest BCUT2D eigenvalue weighted by molar-refractivity contribution is 0.253. The van der Waals surface area contributed by atoms with Crippen LogP contribution in [-0.4, -0.2) is 69.3 Å². The summed E-state index contributed by atoms with van der Waals surface area (Å²) in [6, 6.07) is 0. The number of hydrogen-bond acceptors (Lipinski definition) is 5. The zero-order valence-electron chi connectivity index (χ0n) is 10.9. The van der Waals surface area contributed by atoms with Gasteiger partial charge in [0, 0.05) is 44.0 Å². The highest BCUT2D eigenvalue weighted by molar-refractivity contribution is 8.00. The molecule has 18 heavy (non-hydrogen) atoms. The maximum atomic E-state index is 11.9. The van der Waals surface area contributed by atoms with Crippen molar-refractivity contribution in [2.24, 2.45) is 0 Å². The molecule has 0 aromatic rings. The van der Waals surface area contributed by atoms with Gasteiger partial charge in [-0.05, 0) is 19.1 Å². The lowest BCUT2D eigenvalue weighted by Crippen LogP contribution is -2.46. The Balaban J connectivity index is 1.70. The van der Waals surface area contributed by atoms with Gasteiger partial charge in [-0.2, -0.15) is 11.8 Å². The molecule has 0 aromatic heterocycles. The van der Waals surface area contributed by atoms with Gasteiger partial charge in [-0.1, -0.05) is 0 Å². The zero-order valence-corrected chi connectivity index (χ0v) is 12.6. The fourth-order valence-electron chi connectivity index (χ4n) is 2.09. The van der Waals surface area contributed by atoms with E-state index in [-0.39, 0.29) is 10.5 Å². The maximum Gasteiger partial charge on any atom is 0.212 e. The normalized spacial score (nSPS) is 24.1. The summed E-state index contributed by atoms with van der Waals surface area (Å²) < 4.78 is 26.8. The molecule has 7 heteroatoms. The molecule has 2 aliphatic rings. The average Bonchev–Trinajstić information content (AvgIpc) is 3.17. The molecule has 0 aromatic carbocycles. The molecule has 1 saturated carbocycles. The van der Waals surface area contributed by atoms with Gasteiger partial charge in [-0.3, -0.25) is 4.90 Å². The second-order valence-corrected chi connectivity index (χ2v) is 8.32. The van der Waals surface area contributed by atoms with Crippen LogP contribution in [0.5, 0.6) is 0 Å². The first-order valence-electron chi connectivity index (χ1n) is 6.51. The first kappa shape index (κ1) is 14.6. The van der Waals surface area contributed by atoms with Crippen molar-refractivity contribution in [1.29, 1.82) is 0 Å². The first-order valence-corrected chi connectivity index (χ1v) is 9.39. The van der Waals surface area contributed by atoms with Gasteiger partial charge < -0.3 is 5.32 Å². The average molecular weight is 293 g/mol. The van der Waals surface area contributed by atoms with Gasteiger partial charge in [0.15, 0.2) is 0 Å². The number of sulfonamides is 1. The molecule has 2 rings (SSSR count). The van der Waals surface area contributed by atoms with E-state index in [0.717, 1.165) is 39.0 Å². The molecule has 1 saturated heterocycles. The van der Waals surface area contributed by atoms with Gasteiger partial charge in [0.2, 0.25) is 10.0 Å². The van der Waals surface area contributed by atoms with Crippen LogP contribution in [0.3, 0.4) is 0 Å². The van der Waals surface area contributed by atoms with E-state index in [0.29, 0.717) is 13.1 Å². The first-order chi connectivity index (χ1) is 8.55. The number of nitrogens with zero attached hydrogens (tertiary/aromatic N) is 1. The zero-order chi connectivity index (χ0) is 13.1. The molecule has 0 radical (unpaired) electrons. The highest BCUT2D eigenvalue weighted by atomic mass is 32.2. The summed E-state index contributed by atoms with van der Waals surface area (Å²) in [6.07, 6.45) is 4.32. The Bertz CT molecular complexity index is 362. The van der Waals surface area contributed by atoms with Gasteiger partial charge in [-0.15, -0.1) is 0 Å². The third-order valence-corrected chi connectivity index (χ3v) is 6.46. The summed E-state index contributed by atoms with van der Waals surface area (Å²) in [7, 11) is -3.11. The van der Waals surface area contributed by atoms with Crippen molar-refractivity contribution in [1.82, 2.24) is 14.9 Å². The molecule has 5 nitrogen and oxygen atoms in total. The molecule has 106 valence electrons. The molecule has 1 aliphatic carbocycles. The van der Waals surface area contributed by atoms with Crippen molar-refractivity contribution in [2.75, 3.05) is 51.3 Å². The fourth-order valence-corrected chi connectivity index (χ4v) is 4.05. The van der Waals surface area contributed by atoms with Gasteiger partial charge in [-0.25, -0.2) is 13.1 Å². The Labute approximate surface area is 114 Å². The Hall–Kier alpha value is 0.180. The quantitative estimate of drug-likeness (QED) is 0.675. The molecule has 0 unspecified atom stereocenters. The van der Waals surface area contributed by atoms with Gasteiger partial charge in [0.25, 0.3) is 0 Å². The third-order valence-electron chi connectivity index (χ3n) is 3.74. The second kappa shape index (κ2) is 6.09. The summed E-state index contributed by atoms with van der Waals surface area (Å²) in [6.45, 7) is 5.06. The van der Waals surface area contributed by atoms with E-state index in [1.54, 1.807) is 11.8 Å². The number of rotatable bonds is 7. The molecular weight excluding hydrogens is 270 g/mol. The van der Waals surface area contributed by atoms with Crippen molar-refractivity contribution in [3.63, 3.8) is 0 Å². The molecular formula is C11H23N3O2S2. The minimum atomic E-state index is -3.11. The molecule has 2 fully saturated rings. The second-order valence-electron chi connectivity index (χ2n) is 5.12. The predicted octanol–water partition coefficient (Wildman–Crippen LogP) is -0.293. The van der Waals surface area contributed by atoms with Crippen molar-refractivity contribution in [2.45, 2.75) is 17.6 Å². The highest BCUT2D eigenvalue weighted by Crippen LogP contribution is 2.46. The smallest absolute Gasteiger partial charge is 0.212 e. The van der Waals surface area contributed by atoms with E-state index >= 15 is 0 Å². The van der Waals surface area contributed by atoms with E-state index < -0.39 is 10.0 Å². The van der Waals surface area contributed by atoms with E-state index in [1.165, 1.54) is 0 Å². The molecule has 1 heterocycles. The van der Waals surface area contributed by atoms with E-state index in [2.05, 4.69) is 21.2 Å². The SMILES string of the molecule is CSC1(CNS(=O)(=O)CCN2CCNCC2)CC1. The molecule has 0 bridgehead atoms. The lowest BCUT2D eigenvalue weighted by atomic mass is 10.4. The van der Waals surface area contributed by atoms with Crippen LogP contribution in [0.1, 0.15) is 12.8 Å². The summed E-state index contributed by atoms with van der Waals surface area (Å²) in [5.41, 5.74) is 0. The molecule has 0 amide bonds. The van der Waals surface area contributed by atoms with Crippen molar-refractivity contribution >= 4 is 21.8 Å². The Morgan fingerprint density at radius 2 is 2.00 bits per heavy atom. The summed E-state index contributed by atoms with van der Waals surface area (Å²) in [4.78, 5) is 2.21. The summed E-state index contributed by atoms with van der Waals surface area (Å²) >= 11 is 1.78. The van der Waals surface area contributed by atoms with Crippen LogP contribution in [0.2, 0.25) is 0 Å². The molecule has 2 N–H and O–H groups in total. The fraction of sp³-hybridized carbons (Fsp3) is 1.00. The Morgan fingerprint density at radius 3 is 2.56 bits per heavy atom. The van der Waals surface area contributed by atoms with Gasteiger partial charge in [0.05, 0.1) is 5.75 Å². The van der Waals surface area contributed by atoms with Crippen LogP contribution in [0.25, 0.3) is 0 Å². The van der Waals surface area contributed by atoms with Crippen LogP contribution >= 0.6 is 11.8 Å². The molecule has 0 atom stereocenters. The Morgan fingerprint density at radius 1 is 1.33 bits per heavy atom. The summed E-state index contributed by atoms with van der Waals surface area (Å²) in [5, 5.41) is 3.26. The minimum absolute atomic E-state index is 0.197. The van der Waals surface area contributed by atoms with Gasteiger partial charge >= 0.3 is 0 Å². The monoisotopic (exact) mass is 293 g/mol. The van der Waals surface area contributed by atoms with Gasteiger partial charge in [0.1, 0.15) is 0 Å². The van der Waals surface area contributed by atoms with Crippen LogP contribution in [0.4, 0.5) is 0 Å².